The Morgan fingerprint density at radius 1 is 0.444 bits per heavy atom. The first-order chi connectivity index (χ1) is 25.7. The molecule has 54 heavy (non-hydrogen) atoms. The molecule has 0 radical (unpaired) electrons. The number of benzene rings is 6. The molecule has 0 saturated carbocycles. The van der Waals surface area contributed by atoms with Crippen molar-refractivity contribution in [3.8, 4) is 78.5 Å². The Morgan fingerprint density at radius 2 is 0.796 bits per heavy atom. The molecular weight excluding hydrogens is 825 g/mol. The standard InChI is InChI=1S/C50H47NO2.Hf/c1-31(2)35-17-8-10-19-37(35)43-27-33(5)28-44(49(43)52)39-21-12-14-23-41(39)47-25-16-26-48(51-47)42-24-15-13-22-40(42)46-30-34(6)29-45(50(46)53-7)38-20-11-9-18-36(38)32(3)4;/h8-32,52H,1-7H3;. The van der Waals surface area contributed by atoms with Gasteiger partial charge in [-0.3, -0.25) is 0 Å². The topological polar surface area (TPSA) is 42.4 Å². The molecule has 4 heteroatoms. The predicted octanol–water partition coefficient (Wildman–Crippen LogP) is 13.7. The summed E-state index contributed by atoms with van der Waals surface area (Å²) in [7, 11) is 1.77. The molecule has 0 atom stereocenters. The van der Waals surface area contributed by atoms with Gasteiger partial charge in [0.2, 0.25) is 0 Å². The number of rotatable bonds is 9. The van der Waals surface area contributed by atoms with Crippen LogP contribution in [0.3, 0.4) is 0 Å². The van der Waals surface area contributed by atoms with Crippen LogP contribution in [0.2, 0.25) is 0 Å². The van der Waals surface area contributed by atoms with Crippen LogP contribution in [0.1, 0.15) is 61.8 Å². The van der Waals surface area contributed by atoms with Crippen LogP contribution in [0.4, 0.5) is 0 Å². The third-order valence-electron chi connectivity index (χ3n) is 10.2. The normalized spacial score (nSPS) is 11.1. The summed E-state index contributed by atoms with van der Waals surface area (Å²) in [6, 6.07) is 48.5. The third-order valence-corrected chi connectivity index (χ3v) is 10.2. The number of aryl methyl sites for hydroxylation is 2. The number of hydrogen-bond acceptors (Lipinski definition) is 3. The van der Waals surface area contributed by atoms with E-state index >= 15 is 0 Å². The number of aromatic nitrogens is 1. The van der Waals surface area contributed by atoms with Crippen LogP contribution in [0.25, 0.3) is 67.0 Å². The number of phenols is 1. The smallest absolute Gasteiger partial charge is 0.134 e. The molecule has 1 aromatic heterocycles. The van der Waals surface area contributed by atoms with Crippen molar-refractivity contribution in [1.82, 2.24) is 4.98 Å². The van der Waals surface area contributed by atoms with Crippen molar-refractivity contribution in [2.75, 3.05) is 7.11 Å². The fraction of sp³-hybridized carbons (Fsp3) is 0.180. The van der Waals surface area contributed by atoms with Crippen LogP contribution in [-0.2, 0) is 25.8 Å². The van der Waals surface area contributed by atoms with Gasteiger partial charge in [0.15, 0.2) is 0 Å². The first-order valence-electron chi connectivity index (χ1n) is 18.5. The summed E-state index contributed by atoms with van der Waals surface area (Å²) < 4.78 is 6.26. The molecule has 0 bridgehead atoms. The van der Waals surface area contributed by atoms with Crippen molar-refractivity contribution in [3.05, 3.63) is 162 Å². The molecule has 0 spiro atoms. The molecule has 1 heterocycles. The summed E-state index contributed by atoms with van der Waals surface area (Å²) >= 11 is 0. The van der Waals surface area contributed by atoms with Gasteiger partial charge in [-0.15, -0.1) is 0 Å². The van der Waals surface area contributed by atoms with E-state index in [-0.39, 0.29) is 31.6 Å². The summed E-state index contributed by atoms with van der Waals surface area (Å²) in [5.41, 5.74) is 16.4. The predicted molar refractivity (Wildman–Crippen MR) is 223 cm³/mol. The first-order valence-corrected chi connectivity index (χ1v) is 18.5. The molecule has 0 aliphatic carbocycles. The van der Waals surface area contributed by atoms with E-state index in [2.05, 4.69) is 163 Å². The Labute approximate surface area is 339 Å². The van der Waals surface area contributed by atoms with Gasteiger partial charge in [-0.1, -0.05) is 131 Å². The minimum Gasteiger partial charge on any atom is -0.507 e. The van der Waals surface area contributed by atoms with Crippen molar-refractivity contribution in [2.24, 2.45) is 0 Å². The van der Waals surface area contributed by atoms with Gasteiger partial charge in [0.05, 0.1) is 18.5 Å². The summed E-state index contributed by atoms with van der Waals surface area (Å²) in [5, 5.41) is 12.0. The van der Waals surface area contributed by atoms with E-state index < -0.39 is 0 Å². The van der Waals surface area contributed by atoms with Gasteiger partial charge < -0.3 is 9.84 Å². The van der Waals surface area contributed by atoms with Crippen LogP contribution >= 0.6 is 0 Å². The average molecular weight is 872 g/mol. The van der Waals surface area contributed by atoms with Gasteiger partial charge in [-0.05, 0) is 107 Å². The average Bonchev–Trinajstić information content (AvgIpc) is 3.18. The molecule has 0 unspecified atom stereocenters. The number of nitrogens with zero attached hydrogens (tertiary/aromatic N) is 1. The van der Waals surface area contributed by atoms with Crippen LogP contribution in [0.15, 0.2) is 140 Å². The maximum atomic E-state index is 12.0. The van der Waals surface area contributed by atoms with E-state index in [1.165, 1.54) is 16.7 Å². The molecule has 7 aromatic rings. The van der Waals surface area contributed by atoms with Crippen LogP contribution in [0, 0.1) is 13.8 Å². The van der Waals surface area contributed by atoms with E-state index in [1.54, 1.807) is 7.11 Å². The van der Waals surface area contributed by atoms with Crippen molar-refractivity contribution < 1.29 is 35.7 Å². The van der Waals surface area contributed by atoms with Gasteiger partial charge in [-0.2, -0.15) is 0 Å². The molecule has 3 nitrogen and oxygen atoms in total. The Bertz CT molecular complexity index is 2440. The summed E-state index contributed by atoms with van der Waals surface area (Å²) in [6.07, 6.45) is 0. The molecule has 0 aliphatic rings. The van der Waals surface area contributed by atoms with Crippen LogP contribution in [-0.4, -0.2) is 17.2 Å². The van der Waals surface area contributed by atoms with E-state index in [0.29, 0.717) is 11.8 Å². The second-order valence-corrected chi connectivity index (χ2v) is 14.6. The van der Waals surface area contributed by atoms with Gasteiger partial charge in [-0.25, -0.2) is 4.98 Å². The molecule has 6 aromatic carbocycles. The molecular formula is C50H47HfNO2. The molecule has 7 rings (SSSR count). The first kappa shape index (κ1) is 38.7. The number of methoxy groups -OCH3 is 1. The van der Waals surface area contributed by atoms with Crippen molar-refractivity contribution in [3.63, 3.8) is 0 Å². The molecule has 0 fully saturated rings. The van der Waals surface area contributed by atoms with E-state index in [4.69, 9.17) is 9.72 Å². The molecule has 0 amide bonds. The number of phenolic OH excluding ortho intramolecular Hbond substituents is 1. The van der Waals surface area contributed by atoms with Crippen LogP contribution in [0.5, 0.6) is 11.5 Å². The van der Waals surface area contributed by atoms with Gasteiger partial charge in [0.1, 0.15) is 11.5 Å². The van der Waals surface area contributed by atoms with Gasteiger partial charge >= 0.3 is 0 Å². The Balaban J connectivity index is 0.00000497. The Morgan fingerprint density at radius 3 is 1.26 bits per heavy atom. The molecule has 0 saturated heterocycles. The third kappa shape index (κ3) is 7.50. The Hall–Kier alpha value is -5.06. The monoisotopic (exact) mass is 873 g/mol. The fourth-order valence-electron chi connectivity index (χ4n) is 7.69. The minimum absolute atomic E-state index is 0. The number of ether oxygens (including phenoxy) is 1. The quantitative estimate of drug-likeness (QED) is 0.147. The SMILES string of the molecule is COc1c(-c2ccccc2-c2cccc(-c3ccccc3-c3cc(C)cc(-c4ccccc4C(C)C)c3O)n2)cc(C)cc1-c1ccccc1C(C)C.[Hf]. The second-order valence-electron chi connectivity index (χ2n) is 14.6. The van der Waals surface area contributed by atoms with E-state index in [0.717, 1.165) is 78.3 Å². The number of aromatic hydroxyl groups is 1. The summed E-state index contributed by atoms with van der Waals surface area (Å²) in [4.78, 5) is 5.33. The molecule has 0 aliphatic heterocycles. The summed E-state index contributed by atoms with van der Waals surface area (Å²) in [5.74, 6) is 1.81. The van der Waals surface area contributed by atoms with E-state index in [1.807, 2.05) is 18.2 Å². The molecule has 268 valence electrons. The van der Waals surface area contributed by atoms with Crippen molar-refractivity contribution in [2.45, 2.75) is 53.4 Å². The second kappa shape index (κ2) is 16.5. The minimum atomic E-state index is 0. The van der Waals surface area contributed by atoms with Gasteiger partial charge in [0.25, 0.3) is 0 Å². The zero-order chi connectivity index (χ0) is 37.2. The Kier molecular flexibility index (Phi) is 11.8. The van der Waals surface area contributed by atoms with Gasteiger partial charge in [0, 0.05) is 59.2 Å². The number of pyridine rings is 1. The van der Waals surface area contributed by atoms with Crippen molar-refractivity contribution >= 4 is 0 Å². The molecule has 1 N–H and O–H groups in total. The number of hydrogen-bond donors (Lipinski definition) is 1. The van der Waals surface area contributed by atoms with Crippen molar-refractivity contribution in [1.29, 1.82) is 0 Å². The van der Waals surface area contributed by atoms with Crippen LogP contribution < -0.4 is 4.74 Å². The maximum Gasteiger partial charge on any atom is 0.134 e. The largest absolute Gasteiger partial charge is 0.507 e. The summed E-state index contributed by atoms with van der Waals surface area (Å²) in [6.45, 7) is 13.1. The van der Waals surface area contributed by atoms with E-state index in [9.17, 15) is 5.11 Å². The maximum absolute atomic E-state index is 12.0. The zero-order valence-corrected chi connectivity index (χ0v) is 35.8. The zero-order valence-electron chi connectivity index (χ0n) is 32.2. The fourth-order valence-corrected chi connectivity index (χ4v) is 7.69.